The molecule has 2 rings (SSSR count). The molecule has 1 aliphatic heterocycles. The Kier molecular flexibility index (Phi) is 4.74. The van der Waals surface area contributed by atoms with Crippen molar-refractivity contribution in [1.29, 1.82) is 0 Å². The van der Waals surface area contributed by atoms with Crippen LogP contribution in [-0.2, 0) is 16.0 Å². The van der Waals surface area contributed by atoms with Crippen molar-refractivity contribution >= 4 is 11.8 Å². The standard InChI is InChI=1S/C15H21N3O2/c1-17-8-5-9-18(11-14(17)19)15(20)13(16)10-12-6-3-2-4-7-12/h2-4,6-7,13H,5,8-11,16H2,1H3/t13-/m0/s1. The first-order chi connectivity index (χ1) is 9.58. The SMILES string of the molecule is CN1CCCN(C(=O)[C@@H](N)Cc2ccccc2)CC1=O. The van der Waals surface area contributed by atoms with Crippen LogP contribution < -0.4 is 5.73 Å². The lowest BCUT2D eigenvalue weighted by Gasteiger charge is -2.23. The summed E-state index contributed by atoms with van der Waals surface area (Å²) in [7, 11) is 1.76. The van der Waals surface area contributed by atoms with E-state index in [0.717, 1.165) is 12.0 Å². The Morgan fingerprint density at radius 2 is 2.00 bits per heavy atom. The molecular weight excluding hydrogens is 254 g/mol. The van der Waals surface area contributed by atoms with Gasteiger partial charge in [-0.05, 0) is 18.4 Å². The lowest BCUT2D eigenvalue weighted by molar-refractivity contribution is -0.138. The van der Waals surface area contributed by atoms with Gasteiger partial charge in [0.05, 0.1) is 12.6 Å². The second-order valence-corrected chi connectivity index (χ2v) is 5.22. The van der Waals surface area contributed by atoms with Gasteiger partial charge in [0.2, 0.25) is 11.8 Å². The number of hydrogen-bond donors (Lipinski definition) is 1. The van der Waals surface area contributed by atoms with Crippen LogP contribution in [-0.4, -0.2) is 54.3 Å². The molecule has 2 amide bonds. The molecular formula is C15H21N3O2. The van der Waals surface area contributed by atoms with Crippen molar-refractivity contribution < 1.29 is 9.59 Å². The van der Waals surface area contributed by atoms with E-state index in [-0.39, 0.29) is 18.4 Å². The molecule has 1 aromatic rings. The summed E-state index contributed by atoms with van der Waals surface area (Å²) in [5.41, 5.74) is 7.03. The summed E-state index contributed by atoms with van der Waals surface area (Å²) in [5.74, 6) is -0.166. The van der Waals surface area contributed by atoms with Gasteiger partial charge >= 0.3 is 0 Å². The number of likely N-dealkylation sites (N-methyl/N-ethyl adjacent to an activating group) is 1. The van der Waals surface area contributed by atoms with Gasteiger partial charge in [-0.25, -0.2) is 0 Å². The molecule has 0 bridgehead atoms. The molecule has 108 valence electrons. The van der Waals surface area contributed by atoms with E-state index in [1.807, 2.05) is 30.3 Å². The van der Waals surface area contributed by atoms with Crippen LogP contribution in [0.15, 0.2) is 30.3 Å². The molecule has 2 N–H and O–H groups in total. The van der Waals surface area contributed by atoms with Crippen LogP contribution in [0.4, 0.5) is 0 Å². The van der Waals surface area contributed by atoms with Gasteiger partial charge < -0.3 is 15.5 Å². The minimum atomic E-state index is -0.589. The van der Waals surface area contributed by atoms with Crippen molar-refractivity contribution in [2.45, 2.75) is 18.9 Å². The van der Waals surface area contributed by atoms with E-state index in [2.05, 4.69) is 0 Å². The molecule has 0 saturated carbocycles. The fourth-order valence-electron chi connectivity index (χ4n) is 2.36. The molecule has 1 saturated heterocycles. The first-order valence-corrected chi connectivity index (χ1v) is 6.90. The quantitative estimate of drug-likeness (QED) is 0.859. The van der Waals surface area contributed by atoms with Crippen LogP contribution in [0, 0.1) is 0 Å². The van der Waals surface area contributed by atoms with Gasteiger partial charge in [0.15, 0.2) is 0 Å². The summed E-state index contributed by atoms with van der Waals surface area (Å²) >= 11 is 0. The first kappa shape index (κ1) is 14.5. The average molecular weight is 275 g/mol. The van der Waals surface area contributed by atoms with Gasteiger partial charge in [0.1, 0.15) is 0 Å². The van der Waals surface area contributed by atoms with Gasteiger partial charge in [-0.2, -0.15) is 0 Å². The summed E-state index contributed by atoms with van der Waals surface area (Å²) in [4.78, 5) is 27.4. The summed E-state index contributed by atoms with van der Waals surface area (Å²) in [5, 5.41) is 0. The summed E-state index contributed by atoms with van der Waals surface area (Å²) in [6, 6.07) is 9.10. The maximum Gasteiger partial charge on any atom is 0.241 e. The van der Waals surface area contributed by atoms with Crippen molar-refractivity contribution in [2.24, 2.45) is 5.73 Å². The Balaban J connectivity index is 1.97. The summed E-state index contributed by atoms with van der Waals surface area (Å²) < 4.78 is 0. The molecule has 0 aliphatic carbocycles. The highest BCUT2D eigenvalue weighted by Crippen LogP contribution is 2.08. The predicted octanol–water partition coefficient (Wildman–Crippen LogP) is 0.247. The zero-order chi connectivity index (χ0) is 14.5. The summed E-state index contributed by atoms with van der Waals surface area (Å²) in [6.45, 7) is 1.42. The highest BCUT2D eigenvalue weighted by Gasteiger charge is 2.26. The lowest BCUT2D eigenvalue weighted by atomic mass is 10.1. The number of carbonyl (C=O) groups is 2. The van der Waals surface area contributed by atoms with Crippen molar-refractivity contribution in [3.63, 3.8) is 0 Å². The van der Waals surface area contributed by atoms with Crippen LogP contribution in [0.1, 0.15) is 12.0 Å². The van der Waals surface area contributed by atoms with Crippen molar-refractivity contribution in [3.05, 3.63) is 35.9 Å². The Hall–Kier alpha value is -1.88. The van der Waals surface area contributed by atoms with Crippen LogP contribution in [0.25, 0.3) is 0 Å². The van der Waals surface area contributed by atoms with Gasteiger partial charge in [-0.15, -0.1) is 0 Å². The molecule has 1 heterocycles. The zero-order valence-corrected chi connectivity index (χ0v) is 11.8. The topological polar surface area (TPSA) is 66.6 Å². The van der Waals surface area contributed by atoms with Crippen molar-refractivity contribution in [2.75, 3.05) is 26.7 Å². The molecule has 0 radical (unpaired) electrons. The molecule has 1 aliphatic rings. The highest BCUT2D eigenvalue weighted by molar-refractivity contribution is 5.87. The van der Waals surface area contributed by atoms with E-state index >= 15 is 0 Å². The predicted molar refractivity (Wildman–Crippen MR) is 77.0 cm³/mol. The van der Waals surface area contributed by atoms with E-state index in [1.54, 1.807) is 16.8 Å². The van der Waals surface area contributed by atoms with E-state index in [1.165, 1.54) is 0 Å². The van der Waals surface area contributed by atoms with Crippen LogP contribution in [0.2, 0.25) is 0 Å². The summed E-state index contributed by atoms with van der Waals surface area (Å²) in [6.07, 6.45) is 1.30. The Morgan fingerprint density at radius 3 is 2.70 bits per heavy atom. The van der Waals surface area contributed by atoms with Gasteiger partial charge in [0.25, 0.3) is 0 Å². The molecule has 0 unspecified atom stereocenters. The van der Waals surface area contributed by atoms with E-state index in [0.29, 0.717) is 19.5 Å². The Labute approximate surface area is 119 Å². The molecule has 5 heteroatoms. The molecule has 0 aromatic heterocycles. The molecule has 1 fully saturated rings. The van der Waals surface area contributed by atoms with Crippen LogP contribution in [0.5, 0.6) is 0 Å². The second-order valence-electron chi connectivity index (χ2n) is 5.22. The molecule has 1 atom stereocenters. The minimum Gasteiger partial charge on any atom is -0.344 e. The third-order valence-electron chi connectivity index (χ3n) is 3.60. The lowest BCUT2D eigenvalue weighted by Crippen LogP contribution is -2.47. The third kappa shape index (κ3) is 3.57. The largest absolute Gasteiger partial charge is 0.344 e. The van der Waals surface area contributed by atoms with Gasteiger partial charge in [-0.3, -0.25) is 9.59 Å². The number of hydrogen-bond acceptors (Lipinski definition) is 3. The number of nitrogens with zero attached hydrogens (tertiary/aromatic N) is 2. The van der Waals surface area contributed by atoms with E-state index < -0.39 is 6.04 Å². The van der Waals surface area contributed by atoms with Crippen LogP contribution in [0.3, 0.4) is 0 Å². The number of benzene rings is 1. The second kappa shape index (κ2) is 6.52. The molecule has 1 aromatic carbocycles. The average Bonchev–Trinajstić information content (AvgIpc) is 2.61. The van der Waals surface area contributed by atoms with Gasteiger partial charge in [0, 0.05) is 20.1 Å². The van der Waals surface area contributed by atoms with E-state index in [9.17, 15) is 9.59 Å². The fourth-order valence-corrected chi connectivity index (χ4v) is 2.36. The first-order valence-electron chi connectivity index (χ1n) is 6.90. The van der Waals surface area contributed by atoms with Crippen LogP contribution >= 0.6 is 0 Å². The Bertz CT molecular complexity index is 475. The smallest absolute Gasteiger partial charge is 0.241 e. The fraction of sp³-hybridized carbons (Fsp3) is 0.467. The number of amides is 2. The van der Waals surface area contributed by atoms with Gasteiger partial charge in [-0.1, -0.05) is 30.3 Å². The number of nitrogens with two attached hydrogens (primary N) is 1. The number of rotatable bonds is 3. The monoisotopic (exact) mass is 275 g/mol. The Morgan fingerprint density at radius 1 is 1.30 bits per heavy atom. The number of carbonyl (C=O) groups excluding carboxylic acids is 2. The zero-order valence-electron chi connectivity index (χ0n) is 11.8. The molecule has 20 heavy (non-hydrogen) atoms. The maximum atomic E-state index is 12.3. The minimum absolute atomic E-state index is 0.0252. The van der Waals surface area contributed by atoms with Crippen molar-refractivity contribution in [1.82, 2.24) is 9.80 Å². The highest BCUT2D eigenvalue weighted by atomic mass is 16.2. The van der Waals surface area contributed by atoms with Crippen molar-refractivity contribution in [3.8, 4) is 0 Å². The molecule has 0 spiro atoms. The third-order valence-corrected chi connectivity index (χ3v) is 3.60. The van der Waals surface area contributed by atoms with E-state index in [4.69, 9.17) is 5.73 Å². The maximum absolute atomic E-state index is 12.3. The molecule has 5 nitrogen and oxygen atoms in total. The normalized spacial score (nSPS) is 17.8.